The van der Waals surface area contributed by atoms with Gasteiger partial charge >= 0.3 is 37.9 Å². The van der Waals surface area contributed by atoms with Crippen LogP contribution in [0, 0.1) is 48.3 Å². The molecule has 24 heavy (non-hydrogen) atoms. The van der Waals surface area contributed by atoms with Crippen LogP contribution >= 0.6 is 33.0 Å². The van der Waals surface area contributed by atoms with Gasteiger partial charge in [0.25, 0.3) is 0 Å². The van der Waals surface area contributed by atoms with E-state index in [-0.39, 0.29) is 0 Å². The fourth-order valence-corrected chi connectivity index (χ4v) is 3.25. The summed E-state index contributed by atoms with van der Waals surface area (Å²) in [4.78, 5) is 0. The second kappa shape index (κ2) is 11.1. The average Bonchev–Trinajstić information content (AvgIpc) is 3.00. The van der Waals surface area contributed by atoms with Gasteiger partial charge in [-0.3, -0.25) is 0 Å². The van der Waals surface area contributed by atoms with E-state index >= 15 is 0 Å². The van der Waals surface area contributed by atoms with E-state index in [2.05, 4.69) is 88.5 Å². The van der Waals surface area contributed by atoms with Crippen LogP contribution in [0.2, 0.25) is 0 Å². The fourth-order valence-electron chi connectivity index (χ4n) is 2.75. The molecule has 0 aliphatic heterocycles. The summed E-state index contributed by atoms with van der Waals surface area (Å²) in [5.41, 5.74) is 2.63. The third-order valence-electron chi connectivity index (χ3n) is 4.65. The standard InChI is InChI=1S/C10H8Br.C10H15.2ClH.Zr/c1-7-5-8-3-2-4-10(11)9(8)6-7;1-6-7(2)9(4)10(5)8(6)3;;;/h2-6H,1H3;1-5H3;2*1H;/q;;;;+4/p-2. The SMILES string of the molecule is C[C]1[CH]c2cccc(Br)c2[CH]1.C[C]1[C](C)[C](C)[C](C)[C]1C.[Cl][Zr+2][Cl]. The molecule has 0 N–H and O–H groups in total. The molecule has 1 aromatic rings. The molecule has 0 atom stereocenters. The van der Waals surface area contributed by atoms with Crippen LogP contribution in [0.5, 0.6) is 0 Å². The second-order valence-corrected chi connectivity index (χ2v) is 10.6. The van der Waals surface area contributed by atoms with Crippen molar-refractivity contribution in [2.24, 2.45) is 0 Å². The molecule has 3 rings (SSSR count). The molecule has 126 valence electrons. The Labute approximate surface area is 176 Å². The summed E-state index contributed by atoms with van der Waals surface area (Å²) in [5, 5.41) is 0. The van der Waals surface area contributed by atoms with Crippen molar-refractivity contribution in [1.82, 2.24) is 0 Å². The van der Waals surface area contributed by atoms with Gasteiger partial charge in [-0.25, -0.2) is 0 Å². The second-order valence-electron chi connectivity index (χ2n) is 5.97. The summed E-state index contributed by atoms with van der Waals surface area (Å²) in [6.07, 6.45) is 4.39. The molecule has 2 aliphatic rings. The molecule has 0 amide bonds. The van der Waals surface area contributed by atoms with Crippen LogP contribution in [0.15, 0.2) is 22.7 Å². The molecule has 2 aliphatic carbocycles. The molecule has 1 saturated carbocycles. The van der Waals surface area contributed by atoms with Crippen molar-refractivity contribution in [3.63, 3.8) is 0 Å². The van der Waals surface area contributed by atoms with E-state index < -0.39 is 20.8 Å². The van der Waals surface area contributed by atoms with Crippen LogP contribution < -0.4 is 0 Å². The first-order valence-corrected chi connectivity index (χ1v) is 14.8. The number of hydrogen-bond acceptors (Lipinski definition) is 0. The van der Waals surface area contributed by atoms with Crippen molar-refractivity contribution in [3.05, 3.63) is 82.1 Å². The molecule has 0 spiro atoms. The van der Waals surface area contributed by atoms with Crippen LogP contribution in [0.25, 0.3) is 0 Å². The molecule has 1 fully saturated rings. The molecule has 8 radical (unpaired) electrons. The molecule has 4 heteroatoms. The summed E-state index contributed by atoms with van der Waals surface area (Å²) in [7, 11) is 9.87. The van der Waals surface area contributed by atoms with Gasteiger partial charge in [0.1, 0.15) is 0 Å². The molecule has 1 aromatic carbocycles. The van der Waals surface area contributed by atoms with Crippen LogP contribution in [-0.2, 0) is 20.8 Å². The van der Waals surface area contributed by atoms with Gasteiger partial charge < -0.3 is 0 Å². The Bertz CT molecular complexity index is 464. The molecule has 0 nitrogen and oxygen atoms in total. The van der Waals surface area contributed by atoms with E-state index in [4.69, 9.17) is 17.0 Å². The molecular weight excluding hydrogens is 482 g/mol. The first-order valence-electron chi connectivity index (χ1n) is 7.72. The Hall–Kier alpha value is 1.16. The van der Waals surface area contributed by atoms with Gasteiger partial charge in [-0.15, -0.1) is 0 Å². The van der Waals surface area contributed by atoms with E-state index in [9.17, 15) is 0 Å². The zero-order valence-corrected chi connectivity index (χ0v) is 20.6. The van der Waals surface area contributed by atoms with Gasteiger partial charge in [0.05, 0.1) is 0 Å². The third-order valence-corrected chi connectivity index (χ3v) is 5.35. The summed E-state index contributed by atoms with van der Waals surface area (Å²) in [6, 6.07) is 6.26. The predicted octanol–water partition coefficient (Wildman–Crippen LogP) is 7.51. The van der Waals surface area contributed by atoms with Gasteiger partial charge in [0.15, 0.2) is 0 Å². The summed E-state index contributed by atoms with van der Waals surface area (Å²) in [6.45, 7) is 13.1. The summed E-state index contributed by atoms with van der Waals surface area (Å²) >= 11 is 2.68. The number of halogens is 3. The van der Waals surface area contributed by atoms with Gasteiger partial charge in [0, 0.05) is 4.47 Å². The molecule has 0 unspecified atom stereocenters. The third kappa shape index (κ3) is 6.11. The monoisotopic (exact) mass is 502 g/mol. The Balaban J connectivity index is 0.000000208. The Kier molecular flexibility index (Phi) is 10.7. The van der Waals surface area contributed by atoms with E-state index in [0.717, 1.165) is 0 Å². The zero-order valence-electron chi connectivity index (χ0n) is 15.0. The Morgan fingerprint density at radius 1 is 0.750 bits per heavy atom. The van der Waals surface area contributed by atoms with Gasteiger partial charge in [0.2, 0.25) is 0 Å². The van der Waals surface area contributed by atoms with Gasteiger partial charge in [-0.2, -0.15) is 0 Å². The van der Waals surface area contributed by atoms with Crippen molar-refractivity contribution in [1.29, 1.82) is 0 Å². The van der Waals surface area contributed by atoms with Crippen LogP contribution in [0.1, 0.15) is 52.7 Å². The summed E-state index contributed by atoms with van der Waals surface area (Å²) < 4.78 is 1.18. The summed E-state index contributed by atoms with van der Waals surface area (Å²) in [5.74, 6) is 8.66. The normalized spacial score (nSPS) is 20.0. The number of benzene rings is 1. The minimum absolute atomic E-state index is 0.826. The van der Waals surface area contributed by atoms with E-state index in [1.807, 2.05) is 0 Å². The quantitative estimate of drug-likeness (QED) is 0.342. The maximum atomic E-state index is 4.93. The average molecular weight is 505 g/mol. The van der Waals surface area contributed by atoms with Crippen molar-refractivity contribution < 1.29 is 20.8 Å². The van der Waals surface area contributed by atoms with Crippen LogP contribution in [0.4, 0.5) is 0 Å². The number of hydrogen-bond donors (Lipinski definition) is 0. The Morgan fingerprint density at radius 3 is 1.54 bits per heavy atom. The van der Waals surface area contributed by atoms with Crippen molar-refractivity contribution in [3.8, 4) is 0 Å². The van der Waals surface area contributed by atoms with Gasteiger partial charge in [-0.1, -0.05) is 69.6 Å². The predicted molar refractivity (Wildman–Crippen MR) is 106 cm³/mol. The minimum atomic E-state index is -0.826. The molecule has 0 aromatic heterocycles. The van der Waals surface area contributed by atoms with Crippen molar-refractivity contribution in [2.75, 3.05) is 0 Å². The number of rotatable bonds is 0. The van der Waals surface area contributed by atoms with E-state index in [1.165, 1.54) is 51.1 Å². The zero-order chi connectivity index (χ0) is 18.4. The first kappa shape index (κ1) is 23.2. The van der Waals surface area contributed by atoms with Crippen LogP contribution in [-0.4, -0.2) is 0 Å². The molecule has 0 bridgehead atoms. The Morgan fingerprint density at radius 2 is 1.17 bits per heavy atom. The molecule has 0 saturated heterocycles. The topological polar surface area (TPSA) is 0 Å². The van der Waals surface area contributed by atoms with E-state index in [1.54, 1.807) is 0 Å². The van der Waals surface area contributed by atoms with Crippen molar-refractivity contribution >= 4 is 33.0 Å². The van der Waals surface area contributed by atoms with Gasteiger partial charge in [-0.05, 0) is 65.5 Å². The fraction of sp³-hybridized carbons (Fsp3) is 0.300. The van der Waals surface area contributed by atoms with Crippen LogP contribution in [0.3, 0.4) is 0 Å². The van der Waals surface area contributed by atoms with Crippen molar-refractivity contribution in [2.45, 2.75) is 41.5 Å². The first-order chi connectivity index (χ1) is 11.2. The number of fused-ring (bicyclic) bond motifs is 1. The van der Waals surface area contributed by atoms with E-state index in [0.29, 0.717) is 0 Å². The maximum absolute atomic E-state index is 4.93. The molecular formula is C20H23BrCl2Zr+2. The molecule has 0 heterocycles.